The lowest BCUT2D eigenvalue weighted by Crippen LogP contribution is -2.10. The highest BCUT2D eigenvalue weighted by Crippen LogP contribution is 2.39. The van der Waals surface area contributed by atoms with E-state index in [4.69, 9.17) is 0 Å². The van der Waals surface area contributed by atoms with Crippen molar-refractivity contribution in [2.45, 2.75) is 0 Å². The first-order chi connectivity index (χ1) is 20.3. The topological polar surface area (TPSA) is 3.24 Å². The van der Waals surface area contributed by atoms with Gasteiger partial charge in [0.15, 0.2) is 0 Å². The molecule has 1 nitrogen and oxygen atoms in total. The van der Waals surface area contributed by atoms with Gasteiger partial charge < -0.3 is 4.90 Å². The quantitative estimate of drug-likeness (QED) is 0.209. The van der Waals surface area contributed by atoms with Gasteiger partial charge in [-0.15, -0.1) is 0 Å². The van der Waals surface area contributed by atoms with Gasteiger partial charge in [-0.05, 0) is 86.6 Å². The van der Waals surface area contributed by atoms with E-state index in [9.17, 15) is 0 Å². The Labute approximate surface area is 241 Å². The highest BCUT2D eigenvalue weighted by atomic mass is 15.1. The second kappa shape index (κ2) is 11.0. The molecule has 0 unspecified atom stereocenters. The lowest BCUT2D eigenvalue weighted by Gasteiger charge is -2.27. The first-order valence-corrected chi connectivity index (χ1v) is 14.0. The Bertz CT molecular complexity index is 1860. The largest absolute Gasteiger partial charge is 0.310 e. The fourth-order valence-electron chi connectivity index (χ4n) is 5.55. The van der Waals surface area contributed by atoms with Crippen LogP contribution in [-0.4, -0.2) is 0 Å². The standard InChI is InChI=1S/C40H29N/c1-3-12-30(13-4-1)34-18-9-21-38(27-34)41(39-22-10-19-35(28-39)31-14-5-2-6-15-31)40-23-11-20-36(29-40)37-25-24-32-16-7-8-17-33(32)26-37/h1-29H. The molecule has 0 saturated carbocycles. The van der Waals surface area contributed by atoms with Crippen LogP contribution in [-0.2, 0) is 0 Å². The van der Waals surface area contributed by atoms with Crippen molar-refractivity contribution in [2.24, 2.45) is 0 Å². The van der Waals surface area contributed by atoms with Gasteiger partial charge in [0.25, 0.3) is 0 Å². The minimum atomic E-state index is 1.12. The van der Waals surface area contributed by atoms with Gasteiger partial charge in [0.2, 0.25) is 0 Å². The first kappa shape index (κ1) is 24.6. The Kier molecular flexibility index (Phi) is 6.61. The molecule has 0 N–H and O–H groups in total. The van der Waals surface area contributed by atoms with Crippen LogP contribution < -0.4 is 4.90 Å². The third kappa shape index (κ3) is 5.14. The number of fused-ring (bicyclic) bond motifs is 1. The number of rotatable bonds is 6. The van der Waals surface area contributed by atoms with Crippen LogP contribution in [0.1, 0.15) is 0 Å². The minimum absolute atomic E-state index is 1.12. The van der Waals surface area contributed by atoms with E-state index in [-0.39, 0.29) is 0 Å². The van der Waals surface area contributed by atoms with E-state index in [0.29, 0.717) is 0 Å². The molecule has 194 valence electrons. The molecule has 0 heterocycles. The summed E-state index contributed by atoms with van der Waals surface area (Å²) in [6, 6.07) is 62.9. The molecule has 0 amide bonds. The summed E-state index contributed by atoms with van der Waals surface area (Å²) in [5.74, 6) is 0. The zero-order valence-electron chi connectivity index (χ0n) is 22.7. The molecule has 7 aromatic carbocycles. The van der Waals surface area contributed by atoms with Gasteiger partial charge in [-0.2, -0.15) is 0 Å². The second-order valence-corrected chi connectivity index (χ2v) is 10.3. The van der Waals surface area contributed by atoms with Crippen molar-refractivity contribution >= 4 is 27.8 Å². The molecule has 0 radical (unpaired) electrons. The minimum Gasteiger partial charge on any atom is -0.310 e. The lowest BCUT2D eigenvalue weighted by molar-refractivity contribution is 1.28. The van der Waals surface area contributed by atoms with Crippen LogP contribution in [0.4, 0.5) is 17.1 Å². The number of anilines is 3. The number of benzene rings is 7. The molecule has 0 aliphatic heterocycles. The van der Waals surface area contributed by atoms with Gasteiger partial charge in [0, 0.05) is 17.1 Å². The summed E-state index contributed by atoms with van der Waals surface area (Å²) in [5, 5.41) is 2.50. The summed E-state index contributed by atoms with van der Waals surface area (Å²) >= 11 is 0. The summed E-state index contributed by atoms with van der Waals surface area (Å²) < 4.78 is 0. The summed E-state index contributed by atoms with van der Waals surface area (Å²) in [4.78, 5) is 2.36. The van der Waals surface area contributed by atoms with Gasteiger partial charge in [-0.1, -0.05) is 133 Å². The Balaban J connectivity index is 1.38. The Morgan fingerprint density at radius 2 is 0.634 bits per heavy atom. The van der Waals surface area contributed by atoms with E-state index in [1.807, 2.05) is 0 Å². The number of nitrogens with zero attached hydrogens (tertiary/aromatic N) is 1. The molecule has 1 heteroatoms. The molecule has 0 saturated heterocycles. The fourth-order valence-corrected chi connectivity index (χ4v) is 5.55. The Morgan fingerprint density at radius 1 is 0.244 bits per heavy atom. The third-order valence-corrected chi connectivity index (χ3v) is 7.61. The molecule has 0 spiro atoms. The van der Waals surface area contributed by atoms with E-state index in [1.54, 1.807) is 0 Å². The maximum atomic E-state index is 2.36. The highest BCUT2D eigenvalue weighted by Gasteiger charge is 2.15. The first-order valence-electron chi connectivity index (χ1n) is 14.0. The molecule has 0 atom stereocenters. The normalized spacial score (nSPS) is 10.9. The SMILES string of the molecule is c1ccc(-c2cccc(N(c3cccc(-c4ccccc4)c3)c3cccc(-c4ccc5ccccc5c4)c3)c2)cc1. The monoisotopic (exact) mass is 523 g/mol. The third-order valence-electron chi connectivity index (χ3n) is 7.61. The Hall–Kier alpha value is -5.40. The predicted octanol–water partition coefficient (Wildman–Crippen LogP) is 11.3. The van der Waals surface area contributed by atoms with Crippen molar-refractivity contribution in [3.05, 3.63) is 176 Å². The van der Waals surface area contributed by atoms with Crippen LogP contribution in [0, 0.1) is 0 Å². The van der Waals surface area contributed by atoms with E-state index in [1.165, 1.54) is 44.2 Å². The predicted molar refractivity (Wildman–Crippen MR) is 175 cm³/mol. The van der Waals surface area contributed by atoms with Crippen LogP contribution in [0.3, 0.4) is 0 Å². The molecule has 0 fully saturated rings. The summed E-state index contributed by atoms with van der Waals surface area (Å²) in [6.07, 6.45) is 0. The molecule has 7 rings (SSSR count). The van der Waals surface area contributed by atoms with Gasteiger partial charge in [-0.25, -0.2) is 0 Å². The van der Waals surface area contributed by atoms with Crippen molar-refractivity contribution in [2.75, 3.05) is 4.90 Å². The molecule has 0 aliphatic carbocycles. The van der Waals surface area contributed by atoms with E-state index in [0.717, 1.165) is 17.1 Å². The van der Waals surface area contributed by atoms with Crippen LogP contribution in [0.15, 0.2) is 176 Å². The molecular formula is C40H29N. The van der Waals surface area contributed by atoms with Gasteiger partial charge >= 0.3 is 0 Å². The highest BCUT2D eigenvalue weighted by molar-refractivity contribution is 5.89. The van der Waals surface area contributed by atoms with Crippen molar-refractivity contribution in [3.63, 3.8) is 0 Å². The van der Waals surface area contributed by atoms with Gasteiger partial charge in [0.05, 0.1) is 0 Å². The van der Waals surface area contributed by atoms with Crippen molar-refractivity contribution in [1.82, 2.24) is 0 Å². The average molecular weight is 524 g/mol. The second-order valence-electron chi connectivity index (χ2n) is 10.3. The van der Waals surface area contributed by atoms with Crippen molar-refractivity contribution in [1.29, 1.82) is 0 Å². The van der Waals surface area contributed by atoms with Crippen LogP contribution in [0.2, 0.25) is 0 Å². The fraction of sp³-hybridized carbons (Fsp3) is 0. The van der Waals surface area contributed by atoms with Crippen LogP contribution in [0.25, 0.3) is 44.2 Å². The van der Waals surface area contributed by atoms with Crippen molar-refractivity contribution in [3.8, 4) is 33.4 Å². The smallest absolute Gasteiger partial charge is 0.0467 e. The zero-order valence-corrected chi connectivity index (χ0v) is 22.7. The van der Waals surface area contributed by atoms with Crippen LogP contribution in [0.5, 0.6) is 0 Å². The number of hydrogen-bond donors (Lipinski definition) is 0. The van der Waals surface area contributed by atoms with Gasteiger partial charge in [-0.3, -0.25) is 0 Å². The van der Waals surface area contributed by atoms with E-state index >= 15 is 0 Å². The zero-order chi connectivity index (χ0) is 27.4. The molecule has 0 aliphatic rings. The van der Waals surface area contributed by atoms with E-state index < -0.39 is 0 Å². The maximum absolute atomic E-state index is 2.36. The molecule has 0 aromatic heterocycles. The summed E-state index contributed by atoms with van der Waals surface area (Å²) in [5.41, 5.74) is 10.6. The van der Waals surface area contributed by atoms with E-state index in [2.05, 4.69) is 181 Å². The molecule has 7 aromatic rings. The summed E-state index contributed by atoms with van der Waals surface area (Å²) in [6.45, 7) is 0. The maximum Gasteiger partial charge on any atom is 0.0467 e. The lowest BCUT2D eigenvalue weighted by atomic mass is 9.99. The Morgan fingerprint density at radius 3 is 1.15 bits per heavy atom. The molecule has 0 bridgehead atoms. The molecular weight excluding hydrogens is 494 g/mol. The van der Waals surface area contributed by atoms with Crippen molar-refractivity contribution < 1.29 is 0 Å². The summed E-state index contributed by atoms with van der Waals surface area (Å²) in [7, 11) is 0. The van der Waals surface area contributed by atoms with Crippen LogP contribution >= 0.6 is 0 Å². The molecule has 41 heavy (non-hydrogen) atoms. The number of hydrogen-bond acceptors (Lipinski definition) is 1. The average Bonchev–Trinajstić information content (AvgIpc) is 3.06. The van der Waals surface area contributed by atoms with Gasteiger partial charge in [0.1, 0.15) is 0 Å².